The van der Waals surface area contributed by atoms with Gasteiger partial charge in [0, 0.05) is 13.7 Å². The Kier molecular flexibility index (Phi) is 5.25. The molecule has 0 spiro atoms. The Morgan fingerprint density at radius 1 is 1.29 bits per heavy atom. The second-order valence-electron chi connectivity index (χ2n) is 6.68. The van der Waals surface area contributed by atoms with Crippen LogP contribution in [0.4, 0.5) is 4.79 Å². The molecule has 0 saturated carbocycles. The number of methoxy groups -OCH3 is 2. The van der Waals surface area contributed by atoms with Crippen LogP contribution in [0.15, 0.2) is 0 Å². The van der Waals surface area contributed by atoms with Crippen molar-refractivity contribution in [3.8, 4) is 0 Å². The Labute approximate surface area is 126 Å². The fraction of sp³-hybridized carbons (Fsp3) is 0.867. The Morgan fingerprint density at radius 3 is 2.24 bits per heavy atom. The van der Waals surface area contributed by atoms with E-state index in [4.69, 9.17) is 9.47 Å². The van der Waals surface area contributed by atoms with E-state index in [0.29, 0.717) is 13.0 Å². The quantitative estimate of drug-likeness (QED) is 0.807. The van der Waals surface area contributed by atoms with E-state index >= 15 is 0 Å². The molecule has 1 amide bonds. The molecule has 1 rings (SSSR count). The van der Waals surface area contributed by atoms with Gasteiger partial charge in [0.25, 0.3) is 0 Å². The first-order chi connectivity index (χ1) is 9.63. The molecule has 0 radical (unpaired) electrons. The summed E-state index contributed by atoms with van der Waals surface area (Å²) in [6.07, 6.45) is -0.0925. The highest BCUT2D eigenvalue weighted by Gasteiger charge is 2.59. The van der Waals surface area contributed by atoms with Gasteiger partial charge in [0.1, 0.15) is 0 Å². The van der Waals surface area contributed by atoms with Gasteiger partial charge in [0.15, 0.2) is 0 Å². The molecule has 6 nitrogen and oxygen atoms in total. The zero-order valence-electron chi connectivity index (χ0n) is 13.8. The van der Waals surface area contributed by atoms with Crippen molar-refractivity contribution in [2.75, 3.05) is 20.8 Å². The lowest BCUT2D eigenvalue weighted by Crippen LogP contribution is -2.65. The molecule has 0 unspecified atom stereocenters. The molecule has 0 aromatic heterocycles. The van der Waals surface area contributed by atoms with Gasteiger partial charge in [-0.25, -0.2) is 4.79 Å². The molecule has 1 N–H and O–H groups in total. The van der Waals surface area contributed by atoms with E-state index in [0.717, 1.165) is 6.42 Å². The van der Waals surface area contributed by atoms with Gasteiger partial charge in [-0.05, 0) is 25.2 Å². The molecule has 0 bridgehead atoms. The number of rotatable bonds is 4. The van der Waals surface area contributed by atoms with Crippen molar-refractivity contribution in [1.82, 2.24) is 4.90 Å². The highest BCUT2D eigenvalue weighted by atomic mass is 16.5. The third-order valence-corrected chi connectivity index (χ3v) is 4.70. The van der Waals surface area contributed by atoms with Crippen molar-refractivity contribution in [2.24, 2.45) is 11.3 Å². The van der Waals surface area contributed by atoms with Crippen LogP contribution < -0.4 is 0 Å². The van der Waals surface area contributed by atoms with Gasteiger partial charge in [-0.2, -0.15) is 0 Å². The van der Waals surface area contributed by atoms with Crippen molar-refractivity contribution in [2.45, 2.75) is 52.2 Å². The zero-order valence-corrected chi connectivity index (χ0v) is 13.8. The number of ether oxygens (including phenoxy) is 2. The number of esters is 1. The minimum atomic E-state index is -0.971. The normalized spacial score (nSPS) is 25.5. The number of carbonyl (C=O) groups is 2. The number of carboxylic acid groups (broad SMARTS) is 1. The predicted octanol–water partition coefficient (Wildman–Crippen LogP) is 2.37. The molecular formula is C15H27NO5. The largest absolute Gasteiger partial charge is 0.469 e. The number of amides is 1. The summed E-state index contributed by atoms with van der Waals surface area (Å²) in [5, 5.41) is 9.59. The summed E-state index contributed by atoms with van der Waals surface area (Å²) in [6.45, 7) is 8.16. The third-order valence-electron chi connectivity index (χ3n) is 4.70. The minimum absolute atomic E-state index is 0.370. The Bertz CT molecular complexity index is 403. The van der Waals surface area contributed by atoms with Crippen molar-refractivity contribution >= 4 is 12.1 Å². The predicted molar refractivity (Wildman–Crippen MR) is 78.1 cm³/mol. The summed E-state index contributed by atoms with van der Waals surface area (Å²) >= 11 is 0. The van der Waals surface area contributed by atoms with Crippen molar-refractivity contribution < 1.29 is 24.2 Å². The van der Waals surface area contributed by atoms with E-state index in [2.05, 4.69) is 0 Å². The van der Waals surface area contributed by atoms with Gasteiger partial charge in [-0.15, -0.1) is 0 Å². The molecule has 1 fully saturated rings. The monoisotopic (exact) mass is 301 g/mol. The molecule has 21 heavy (non-hydrogen) atoms. The number of hydrogen-bond acceptors (Lipinski definition) is 4. The van der Waals surface area contributed by atoms with Crippen LogP contribution in [0.1, 0.15) is 40.5 Å². The average molecular weight is 301 g/mol. The van der Waals surface area contributed by atoms with E-state index in [1.54, 1.807) is 6.92 Å². The maximum absolute atomic E-state index is 11.9. The molecular weight excluding hydrogens is 274 g/mol. The summed E-state index contributed by atoms with van der Waals surface area (Å²) in [6, 6.07) is 0. The number of nitrogens with zero attached hydrogens (tertiary/aromatic N) is 1. The number of likely N-dealkylation sites (tertiary alicyclic amines) is 1. The second kappa shape index (κ2) is 6.22. The van der Waals surface area contributed by atoms with E-state index in [-0.39, 0.29) is 11.4 Å². The smallest absolute Gasteiger partial charge is 0.407 e. The standard InChI is InChI=1S/C15H27NO5/c1-10(12(17)21-6)11(20-5)15(14(2,3)4)8-7-9-16(15)13(18)19/h10-11H,7-9H2,1-6H3,(H,18,19)/t10-,11-,15-/m1/s1. The van der Waals surface area contributed by atoms with Gasteiger partial charge in [0.05, 0.1) is 24.7 Å². The van der Waals surface area contributed by atoms with Crippen LogP contribution in [0.25, 0.3) is 0 Å². The lowest BCUT2D eigenvalue weighted by Gasteiger charge is -2.52. The van der Waals surface area contributed by atoms with Crippen LogP contribution in [0.3, 0.4) is 0 Å². The first kappa shape index (κ1) is 17.8. The SMILES string of the molecule is COC(=O)[C@H](C)[C@@H](OC)[C@@]1(C(C)(C)C)CCCN1C(=O)O. The van der Waals surface area contributed by atoms with E-state index in [9.17, 15) is 14.7 Å². The Balaban J connectivity index is 3.36. The fourth-order valence-corrected chi connectivity index (χ4v) is 3.73. The zero-order chi connectivity index (χ0) is 16.4. The fourth-order valence-electron chi connectivity index (χ4n) is 3.73. The molecule has 3 atom stereocenters. The summed E-state index contributed by atoms with van der Waals surface area (Å²) < 4.78 is 10.4. The second-order valence-corrected chi connectivity index (χ2v) is 6.68. The lowest BCUT2D eigenvalue weighted by molar-refractivity contribution is -0.160. The molecule has 1 saturated heterocycles. The molecule has 0 aromatic carbocycles. The Hall–Kier alpha value is -1.30. The topological polar surface area (TPSA) is 76.1 Å². The highest BCUT2D eigenvalue weighted by molar-refractivity contribution is 5.73. The molecule has 1 aliphatic heterocycles. The maximum Gasteiger partial charge on any atom is 0.407 e. The average Bonchev–Trinajstić information content (AvgIpc) is 2.84. The van der Waals surface area contributed by atoms with E-state index < -0.39 is 23.7 Å². The Morgan fingerprint density at radius 2 is 1.86 bits per heavy atom. The van der Waals surface area contributed by atoms with Crippen molar-refractivity contribution in [3.05, 3.63) is 0 Å². The molecule has 6 heteroatoms. The van der Waals surface area contributed by atoms with Crippen molar-refractivity contribution in [1.29, 1.82) is 0 Å². The molecule has 1 aliphatic rings. The number of carbonyl (C=O) groups excluding carboxylic acids is 1. The summed E-state index contributed by atoms with van der Waals surface area (Å²) in [5.41, 5.74) is -1.12. The summed E-state index contributed by atoms with van der Waals surface area (Å²) in [4.78, 5) is 25.1. The first-order valence-corrected chi connectivity index (χ1v) is 7.24. The maximum atomic E-state index is 11.9. The van der Waals surface area contributed by atoms with Gasteiger partial charge in [-0.1, -0.05) is 20.8 Å². The van der Waals surface area contributed by atoms with Crippen LogP contribution in [-0.2, 0) is 14.3 Å². The van der Waals surface area contributed by atoms with Crippen molar-refractivity contribution in [3.63, 3.8) is 0 Å². The molecule has 0 aromatic rings. The summed E-state index contributed by atoms with van der Waals surface area (Å²) in [5.74, 6) is -0.929. The van der Waals surface area contributed by atoms with Crippen LogP contribution in [-0.4, -0.2) is 54.5 Å². The van der Waals surface area contributed by atoms with Crippen LogP contribution in [0.2, 0.25) is 0 Å². The van der Waals surface area contributed by atoms with Crippen LogP contribution in [0.5, 0.6) is 0 Å². The molecule has 122 valence electrons. The van der Waals surface area contributed by atoms with Gasteiger partial charge in [0.2, 0.25) is 0 Å². The number of hydrogen-bond donors (Lipinski definition) is 1. The minimum Gasteiger partial charge on any atom is -0.469 e. The first-order valence-electron chi connectivity index (χ1n) is 7.24. The van der Waals surface area contributed by atoms with Crippen LogP contribution >= 0.6 is 0 Å². The van der Waals surface area contributed by atoms with Crippen LogP contribution in [0, 0.1) is 11.3 Å². The molecule has 1 heterocycles. The highest BCUT2D eigenvalue weighted by Crippen LogP contribution is 2.48. The van der Waals surface area contributed by atoms with Gasteiger partial charge < -0.3 is 14.6 Å². The van der Waals surface area contributed by atoms with E-state index in [1.807, 2.05) is 20.8 Å². The van der Waals surface area contributed by atoms with E-state index in [1.165, 1.54) is 19.1 Å². The third kappa shape index (κ3) is 2.86. The van der Waals surface area contributed by atoms with Gasteiger partial charge in [-0.3, -0.25) is 9.69 Å². The lowest BCUT2D eigenvalue weighted by atomic mass is 9.65. The molecule has 0 aliphatic carbocycles. The summed E-state index contributed by atoms with van der Waals surface area (Å²) in [7, 11) is 2.86. The van der Waals surface area contributed by atoms with Gasteiger partial charge >= 0.3 is 12.1 Å².